The summed E-state index contributed by atoms with van der Waals surface area (Å²) in [7, 11) is 0. The van der Waals surface area contributed by atoms with Gasteiger partial charge in [-0.3, -0.25) is 0 Å². The van der Waals surface area contributed by atoms with Gasteiger partial charge < -0.3 is 26.5 Å². The van der Waals surface area contributed by atoms with Crippen LogP contribution in [0.15, 0.2) is 24.3 Å². The van der Waals surface area contributed by atoms with Gasteiger partial charge in [0.1, 0.15) is 0 Å². The monoisotopic (exact) mass is 208 g/mol. The fraction of sp³-hybridized carbons (Fsp3) is 0. The molecule has 66 valence electrons. The molecule has 0 spiro atoms. The first-order valence-corrected chi connectivity index (χ1v) is 3.01. The maximum atomic E-state index is 8.33. The Balaban J connectivity index is 0. The second-order valence-electron chi connectivity index (χ2n) is 1.92. The summed E-state index contributed by atoms with van der Waals surface area (Å²) in [5.74, 6) is 0. The molecule has 0 aliphatic heterocycles. The molecule has 0 atom stereocenters. The molecule has 0 aromatic heterocycles. The number of hydrogen-bond acceptors (Lipinski definition) is 5. The average Bonchev–Trinajstić information content (AvgIpc) is 1.94. The Labute approximate surface area is 105 Å². The molecule has 1 rings (SSSR count). The van der Waals surface area contributed by atoms with Crippen molar-refractivity contribution in [3.05, 3.63) is 24.3 Å². The van der Waals surface area contributed by atoms with E-state index in [4.69, 9.17) is 26.5 Å². The minimum atomic E-state index is -2.33. The van der Waals surface area contributed by atoms with Crippen LogP contribution >= 0.6 is 0 Å². The number of nitrogens with two attached hydrogens (primary N) is 2. The zero-order valence-corrected chi connectivity index (χ0v) is 9.10. The minimum absolute atomic E-state index is 0. The molecule has 0 fully saturated rings. The minimum Gasteiger partial charge on any atom is -0.652 e. The molecule has 0 bridgehead atoms. The fourth-order valence-electron chi connectivity index (χ4n) is 0.496. The van der Waals surface area contributed by atoms with Gasteiger partial charge in [-0.1, -0.05) is 0 Å². The van der Waals surface area contributed by atoms with Gasteiger partial charge in [-0.15, -0.1) is 0 Å². The third kappa shape index (κ3) is 11.3. The van der Waals surface area contributed by atoms with Crippen molar-refractivity contribution in [3.63, 3.8) is 0 Å². The number of nitrogen functional groups attached to an aromatic ring is 2. The average molecular weight is 208 g/mol. The standard InChI is InChI=1S/C6H8N2.CH2O3.Ca/c7-5-1-2-6(8)4-3-5;2-1(3)4;/h1-4H,7-8H2;(H2,2,3,4);/q;;+2/p-2. The van der Waals surface area contributed by atoms with Gasteiger partial charge in [0.25, 0.3) is 0 Å². The first kappa shape index (κ1) is 14.9. The smallest absolute Gasteiger partial charge is 0.652 e. The summed E-state index contributed by atoms with van der Waals surface area (Å²) in [4.78, 5) is 8.33. The first-order valence-electron chi connectivity index (χ1n) is 3.01. The Hall–Kier alpha value is -0.650. The molecule has 13 heavy (non-hydrogen) atoms. The van der Waals surface area contributed by atoms with Gasteiger partial charge in [0, 0.05) is 11.4 Å². The van der Waals surface area contributed by atoms with Gasteiger partial charge in [0.15, 0.2) is 0 Å². The number of anilines is 2. The Morgan fingerprint density at radius 1 is 1.00 bits per heavy atom. The van der Waals surface area contributed by atoms with Gasteiger partial charge in [0.2, 0.25) is 0 Å². The van der Waals surface area contributed by atoms with Crippen LogP contribution in [0.25, 0.3) is 0 Å². The predicted octanol–water partition coefficient (Wildman–Crippen LogP) is -1.98. The molecule has 0 aliphatic carbocycles. The molecule has 0 aliphatic rings. The molecular formula is C7H8CaN2O3. The molecule has 0 heterocycles. The normalized spacial score (nSPS) is 7.38. The SMILES string of the molecule is Nc1ccc(N)cc1.O=C([O-])[O-].[Ca+2]. The first-order chi connectivity index (χ1) is 5.52. The van der Waals surface area contributed by atoms with Crippen LogP contribution in [0.4, 0.5) is 16.2 Å². The summed E-state index contributed by atoms with van der Waals surface area (Å²) < 4.78 is 0. The van der Waals surface area contributed by atoms with Gasteiger partial charge in [-0.05, 0) is 30.4 Å². The largest absolute Gasteiger partial charge is 2.00 e. The van der Waals surface area contributed by atoms with Crippen LogP contribution in [0.3, 0.4) is 0 Å². The Bertz CT molecular complexity index is 225. The number of carbonyl (C=O) groups excluding carboxylic acids is 1. The van der Waals surface area contributed by atoms with E-state index in [0.29, 0.717) is 0 Å². The number of rotatable bonds is 0. The van der Waals surface area contributed by atoms with Crippen LogP contribution in [-0.4, -0.2) is 43.9 Å². The summed E-state index contributed by atoms with van der Waals surface area (Å²) in [6, 6.07) is 7.09. The topological polar surface area (TPSA) is 115 Å². The molecule has 6 heteroatoms. The van der Waals surface area contributed by atoms with Crippen molar-refractivity contribution in [2.75, 3.05) is 11.5 Å². The van der Waals surface area contributed by atoms with Crippen LogP contribution in [0.5, 0.6) is 0 Å². The van der Waals surface area contributed by atoms with Gasteiger partial charge in [0.05, 0.1) is 0 Å². The predicted molar refractivity (Wildman–Crippen MR) is 46.4 cm³/mol. The molecule has 0 saturated heterocycles. The van der Waals surface area contributed by atoms with E-state index in [1.807, 2.05) is 0 Å². The summed E-state index contributed by atoms with van der Waals surface area (Å²) in [6.45, 7) is 0. The summed E-state index contributed by atoms with van der Waals surface area (Å²) in [6.07, 6.45) is -2.33. The van der Waals surface area contributed by atoms with E-state index < -0.39 is 6.16 Å². The van der Waals surface area contributed by atoms with Crippen LogP contribution in [0.1, 0.15) is 0 Å². The molecule has 4 N–H and O–H groups in total. The van der Waals surface area contributed by atoms with Gasteiger partial charge >= 0.3 is 37.7 Å². The third-order valence-electron chi connectivity index (χ3n) is 0.936. The number of benzene rings is 1. The van der Waals surface area contributed by atoms with E-state index in [-0.39, 0.29) is 37.7 Å². The van der Waals surface area contributed by atoms with Crippen LogP contribution in [-0.2, 0) is 0 Å². The van der Waals surface area contributed by atoms with E-state index in [1.54, 1.807) is 24.3 Å². The van der Waals surface area contributed by atoms with Crippen molar-refractivity contribution in [2.24, 2.45) is 0 Å². The maximum absolute atomic E-state index is 8.33. The van der Waals surface area contributed by atoms with Crippen molar-refractivity contribution in [2.45, 2.75) is 0 Å². The van der Waals surface area contributed by atoms with Gasteiger partial charge in [-0.25, -0.2) is 0 Å². The molecule has 0 saturated carbocycles. The third-order valence-corrected chi connectivity index (χ3v) is 0.936. The van der Waals surface area contributed by atoms with E-state index in [1.165, 1.54) is 0 Å². The molecule has 1 aromatic carbocycles. The Morgan fingerprint density at radius 3 is 1.31 bits per heavy atom. The van der Waals surface area contributed by atoms with Crippen molar-refractivity contribution in [1.82, 2.24) is 0 Å². The van der Waals surface area contributed by atoms with E-state index in [0.717, 1.165) is 11.4 Å². The second kappa shape index (κ2) is 7.97. The zero-order chi connectivity index (χ0) is 9.56. The summed E-state index contributed by atoms with van der Waals surface area (Å²) in [5, 5.41) is 16.7. The van der Waals surface area contributed by atoms with Gasteiger partial charge in [-0.2, -0.15) is 0 Å². The van der Waals surface area contributed by atoms with Crippen molar-refractivity contribution >= 4 is 55.3 Å². The molecule has 0 amide bonds. The Kier molecular flexibility index (Phi) is 9.11. The van der Waals surface area contributed by atoms with Crippen molar-refractivity contribution in [1.29, 1.82) is 0 Å². The molecular weight excluding hydrogens is 200 g/mol. The summed E-state index contributed by atoms with van der Waals surface area (Å²) >= 11 is 0. The summed E-state index contributed by atoms with van der Waals surface area (Å²) in [5.41, 5.74) is 12.2. The zero-order valence-electron chi connectivity index (χ0n) is 6.90. The van der Waals surface area contributed by atoms with E-state index >= 15 is 0 Å². The van der Waals surface area contributed by atoms with Crippen LogP contribution in [0.2, 0.25) is 0 Å². The molecule has 0 unspecified atom stereocenters. The van der Waals surface area contributed by atoms with Crippen molar-refractivity contribution in [3.8, 4) is 0 Å². The second-order valence-corrected chi connectivity index (χ2v) is 1.92. The van der Waals surface area contributed by atoms with Crippen molar-refractivity contribution < 1.29 is 15.0 Å². The number of carbonyl (C=O) groups is 1. The Morgan fingerprint density at radius 2 is 1.15 bits per heavy atom. The molecule has 0 radical (unpaired) electrons. The fourth-order valence-corrected chi connectivity index (χ4v) is 0.496. The van der Waals surface area contributed by atoms with Crippen LogP contribution in [0, 0.1) is 0 Å². The molecule has 5 nitrogen and oxygen atoms in total. The quantitative estimate of drug-likeness (QED) is 0.379. The van der Waals surface area contributed by atoms with E-state index in [9.17, 15) is 0 Å². The maximum Gasteiger partial charge on any atom is 2.00 e. The van der Waals surface area contributed by atoms with E-state index in [2.05, 4.69) is 0 Å². The number of carboxylic acid groups (broad SMARTS) is 2. The number of hydrogen-bond donors (Lipinski definition) is 2. The molecule has 1 aromatic rings. The van der Waals surface area contributed by atoms with Crippen LogP contribution < -0.4 is 21.7 Å².